The van der Waals surface area contributed by atoms with Crippen LogP contribution < -0.4 is 15.4 Å². The second-order valence-corrected chi connectivity index (χ2v) is 6.32. The maximum atomic E-state index is 5.83. The summed E-state index contributed by atoms with van der Waals surface area (Å²) >= 11 is 0. The molecule has 1 atom stereocenters. The van der Waals surface area contributed by atoms with Crippen LogP contribution in [0.1, 0.15) is 39.7 Å². The van der Waals surface area contributed by atoms with Crippen LogP contribution in [0.4, 0.5) is 5.69 Å². The molecular formula is C16H28N2O. The highest BCUT2D eigenvalue weighted by Crippen LogP contribution is 2.33. The summed E-state index contributed by atoms with van der Waals surface area (Å²) in [4.78, 5) is 2.22. The van der Waals surface area contributed by atoms with Gasteiger partial charge in [-0.05, 0) is 36.5 Å². The number of nitrogens with two attached hydrogens (primary N) is 1. The number of rotatable bonds is 5. The van der Waals surface area contributed by atoms with Gasteiger partial charge in [0.1, 0.15) is 5.75 Å². The summed E-state index contributed by atoms with van der Waals surface area (Å²) in [6, 6.07) is 6.64. The smallest absolute Gasteiger partial charge is 0.142 e. The zero-order valence-electron chi connectivity index (χ0n) is 13.2. The van der Waals surface area contributed by atoms with Gasteiger partial charge >= 0.3 is 0 Å². The van der Waals surface area contributed by atoms with Crippen LogP contribution in [0.25, 0.3) is 0 Å². The molecule has 0 fully saturated rings. The zero-order valence-corrected chi connectivity index (χ0v) is 13.2. The summed E-state index contributed by atoms with van der Waals surface area (Å²) in [7, 11) is 3.81. The van der Waals surface area contributed by atoms with Gasteiger partial charge in [-0.15, -0.1) is 0 Å². The molecule has 0 radical (unpaired) electrons. The van der Waals surface area contributed by atoms with E-state index in [0.717, 1.165) is 24.4 Å². The Morgan fingerprint density at radius 1 is 1.32 bits per heavy atom. The molecule has 2 N–H and O–H groups in total. The minimum atomic E-state index is 0.142. The Hall–Kier alpha value is -1.22. The summed E-state index contributed by atoms with van der Waals surface area (Å²) in [6.45, 7) is 9.64. The van der Waals surface area contributed by atoms with E-state index in [1.165, 1.54) is 5.56 Å². The maximum Gasteiger partial charge on any atom is 0.142 e. The number of anilines is 1. The third-order valence-corrected chi connectivity index (χ3v) is 3.38. The Morgan fingerprint density at radius 3 is 2.42 bits per heavy atom. The first-order chi connectivity index (χ1) is 8.75. The molecule has 0 aliphatic rings. The van der Waals surface area contributed by atoms with E-state index in [4.69, 9.17) is 10.5 Å². The molecule has 0 amide bonds. The van der Waals surface area contributed by atoms with Crippen molar-refractivity contribution in [1.82, 2.24) is 0 Å². The van der Waals surface area contributed by atoms with Crippen molar-refractivity contribution in [2.45, 2.75) is 45.6 Å². The Kier molecular flexibility index (Phi) is 5.24. The molecule has 1 aromatic carbocycles. The number of benzene rings is 1. The molecule has 19 heavy (non-hydrogen) atoms. The largest absolute Gasteiger partial charge is 0.495 e. The van der Waals surface area contributed by atoms with Gasteiger partial charge in [0.25, 0.3) is 0 Å². The number of nitrogens with zero attached hydrogens (tertiary/aromatic N) is 1. The van der Waals surface area contributed by atoms with Gasteiger partial charge in [0.15, 0.2) is 0 Å². The molecular weight excluding hydrogens is 236 g/mol. The lowest BCUT2D eigenvalue weighted by Crippen LogP contribution is -2.26. The van der Waals surface area contributed by atoms with E-state index in [-0.39, 0.29) is 11.5 Å². The highest BCUT2D eigenvalue weighted by molar-refractivity contribution is 5.60. The molecule has 1 aromatic rings. The van der Waals surface area contributed by atoms with Crippen molar-refractivity contribution < 1.29 is 4.74 Å². The first kappa shape index (κ1) is 15.8. The molecule has 3 heteroatoms. The summed E-state index contributed by atoms with van der Waals surface area (Å²) < 4.78 is 5.47. The molecule has 0 saturated heterocycles. The van der Waals surface area contributed by atoms with Gasteiger partial charge in [-0.25, -0.2) is 0 Å². The SMILES string of the molecule is COc1ccc(C(C)(C)C)cc1N(C)CCC(C)N. The van der Waals surface area contributed by atoms with Crippen LogP contribution in [0.2, 0.25) is 0 Å². The molecule has 1 unspecified atom stereocenters. The van der Waals surface area contributed by atoms with E-state index in [1.54, 1.807) is 7.11 Å². The predicted molar refractivity (Wildman–Crippen MR) is 83.2 cm³/mol. The molecule has 0 aliphatic heterocycles. The molecule has 3 nitrogen and oxygen atoms in total. The average Bonchev–Trinajstić information content (AvgIpc) is 2.33. The summed E-state index contributed by atoms with van der Waals surface area (Å²) in [5.74, 6) is 0.917. The molecule has 0 spiro atoms. The Bertz CT molecular complexity index is 408. The molecule has 0 heterocycles. The molecule has 0 saturated carbocycles. The fourth-order valence-electron chi connectivity index (χ4n) is 1.97. The fourth-order valence-corrected chi connectivity index (χ4v) is 1.97. The number of hydrogen-bond acceptors (Lipinski definition) is 3. The lowest BCUT2D eigenvalue weighted by Gasteiger charge is -2.26. The van der Waals surface area contributed by atoms with Gasteiger partial charge in [-0.3, -0.25) is 0 Å². The molecule has 0 aliphatic carbocycles. The van der Waals surface area contributed by atoms with Crippen molar-refractivity contribution in [3.63, 3.8) is 0 Å². The third-order valence-electron chi connectivity index (χ3n) is 3.38. The first-order valence-electron chi connectivity index (χ1n) is 6.91. The Morgan fingerprint density at radius 2 is 1.95 bits per heavy atom. The van der Waals surface area contributed by atoms with Crippen LogP contribution in [0.15, 0.2) is 18.2 Å². The van der Waals surface area contributed by atoms with Crippen molar-refractivity contribution in [3.05, 3.63) is 23.8 Å². The number of hydrogen-bond donors (Lipinski definition) is 1. The Balaban J connectivity index is 3.02. The average molecular weight is 264 g/mol. The molecule has 108 valence electrons. The van der Waals surface area contributed by atoms with E-state index in [0.29, 0.717) is 0 Å². The van der Waals surface area contributed by atoms with Gasteiger partial charge in [0.05, 0.1) is 12.8 Å². The van der Waals surface area contributed by atoms with E-state index < -0.39 is 0 Å². The molecule has 0 bridgehead atoms. The summed E-state index contributed by atoms with van der Waals surface area (Å²) in [5, 5.41) is 0. The van der Waals surface area contributed by atoms with Crippen molar-refractivity contribution in [2.24, 2.45) is 5.73 Å². The minimum Gasteiger partial charge on any atom is -0.495 e. The minimum absolute atomic E-state index is 0.142. The van der Waals surface area contributed by atoms with Gasteiger partial charge < -0.3 is 15.4 Å². The van der Waals surface area contributed by atoms with Gasteiger partial charge in [0, 0.05) is 19.6 Å². The quantitative estimate of drug-likeness (QED) is 0.887. The second-order valence-electron chi connectivity index (χ2n) is 6.32. The normalized spacial score (nSPS) is 13.2. The maximum absolute atomic E-state index is 5.83. The topological polar surface area (TPSA) is 38.5 Å². The van der Waals surface area contributed by atoms with Gasteiger partial charge in [-0.2, -0.15) is 0 Å². The summed E-state index contributed by atoms with van der Waals surface area (Å²) in [5.41, 5.74) is 8.42. The van der Waals surface area contributed by atoms with Gasteiger partial charge in [0.2, 0.25) is 0 Å². The number of ether oxygens (including phenoxy) is 1. The van der Waals surface area contributed by atoms with E-state index in [9.17, 15) is 0 Å². The van der Waals surface area contributed by atoms with Crippen molar-refractivity contribution in [1.29, 1.82) is 0 Å². The first-order valence-corrected chi connectivity index (χ1v) is 6.91. The van der Waals surface area contributed by atoms with Crippen LogP contribution >= 0.6 is 0 Å². The van der Waals surface area contributed by atoms with Crippen LogP contribution in [-0.4, -0.2) is 26.7 Å². The molecule has 0 aromatic heterocycles. The van der Waals surface area contributed by atoms with Crippen LogP contribution in [0, 0.1) is 0 Å². The second kappa shape index (κ2) is 6.29. The van der Waals surface area contributed by atoms with Crippen molar-refractivity contribution in [3.8, 4) is 5.75 Å². The predicted octanol–water partition coefficient (Wildman–Crippen LogP) is 3.17. The van der Waals surface area contributed by atoms with Gasteiger partial charge in [-0.1, -0.05) is 26.8 Å². The highest BCUT2D eigenvalue weighted by Gasteiger charge is 2.17. The van der Waals surface area contributed by atoms with Crippen LogP contribution in [0.3, 0.4) is 0 Å². The Labute approximate surface area is 117 Å². The monoisotopic (exact) mass is 264 g/mol. The lowest BCUT2D eigenvalue weighted by atomic mass is 9.86. The standard InChI is InChI=1S/C16H28N2O/c1-12(17)9-10-18(5)14-11-13(16(2,3)4)7-8-15(14)19-6/h7-8,11-12H,9-10,17H2,1-6H3. The van der Waals surface area contributed by atoms with Crippen molar-refractivity contribution >= 4 is 5.69 Å². The van der Waals surface area contributed by atoms with E-state index in [2.05, 4.69) is 50.9 Å². The third kappa shape index (κ3) is 4.43. The van der Waals surface area contributed by atoms with Crippen LogP contribution in [-0.2, 0) is 5.41 Å². The summed E-state index contributed by atoms with van der Waals surface area (Å²) in [6.07, 6.45) is 0.972. The zero-order chi connectivity index (χ0) is 14.6. The van der Waals surface area contributed by atoms with Crippen molar-refractivity contribution in [2.75, 3.05) is 25.6 Å². The lowest BCUT2D eigenvalue weighted by molar-refractivity contribution is 0.414. The molecule has 1 rings (SSSR count). The fraction of sp³-hybridized carbons (Fsp3) is 0.625. The van der Waals surface area contributed by atoms with Crippen LogP contribution in [0.5, 0.6) is 5.75 Å². The highest BCUT2D eigenvalue weighted by atomic mass is 16.5. The van der Waals surface area contributed by atoms with E-state index in [1.807, 2.05) is 6.92 Å². The number of methoxy groups -OCH3 is 1. The van der Waals surface area contributed by atoms with E-state index >= 15 is 0 Å².